The molecule has 0 heterocycles. The number of aliphatic hydroxyl groups is 2. The average molecular weight is 559 g/mol. The molecular weight excluding hydrogens is 508 g/mol. The number of aromatic hydroxyl groups is 1. The Hall–Kier alpha value is -2.87. The molecule has 3 unspecified atom stereocenters. The summed E-state index contributed by atoms with van der Waals surface area (Å²) in [6.45, 7) is 5.13. The number of hydrogen-bond acceptors (Lipinski definition) is 6. The molecule has 2 aromatic rings. The zero-order valence-corrected chi connectivity index (χ0v) is 24.1. The van der Waals surface area contributed by atoms with Gasteiger partial charge in [0.25, 0.3) is 0 Å². The number of hydrogen-bond donors (Lipinski definition) is 3. The summed E-state index contributed by atoms with van der Waals surface area (Å²) in [5.41, 5.74) is 4.12. The third-order valence-electron chi connectivity index (χ3n) is 8.28. The van der Waals surface area contributed by atoms with E-state index in [1.807, 2.05) is 37.3 Å². The molecule has 1 saturated carbocycles. The van der Waals surface area contributed by atoms with E-state index in [9.17, 15) is 29.7 Å². The maximum Gasteiger partial charge on any atom is 0.167 e. The van der Waals surface area contributed by atoms with Crippen LogP contribution < -0.4 is 0 Å². The van der Waals surface area contributed by atoms with E-state index < -0.39 is 12.5 Å². The SMILES string of the molecule is CC(=O)CC(=O)C(CO)C(CCO)CC1CC(=O)c2c(O)ccc(-c3ccc(C)cc3)c2C1.CC1CCCC1.O.[HH].[HH]. The maximum absolute atomic E-state index is 13.0. The molecule has 7 heteroatoms. The van der Waals surface area contributed by atoms with Gasteiger partial charge in [0.2, 0.25) is 0 Å². The molecule has 224 valence electrons. The molecule has 0 radical (unpaired) electrons. The van der Waals surface area contributed by atoms with Crippen molar-refractivity contribution in [2.45, 2.75) is 78.6 Å². The van der Waals surface area contributed by atoms with Gasteiger partial charge in [-0.05, 0) is 73.6 Å². The molecule has 0 bridgehead atoms. The van der Waals surface area contributed by atoms with Crippen LogP contribution in [0.4, 0.5) is 0 Å². The second-order valence-corrected chi connectivity index (χ2v) is 11.6. The first kappa shape index (κ1) is 33.3. The highest BCUT2D eigenvalue weighted by molar-refractivity contribution is 6.03. The Morgan fingerprint density at radius 3 is 2.20 bits per heavy atom. The summed E-state index contributed by atoms with van der Waals surface area (Å²) in [7, 11) is 0. The Morgan fingerprint density at radius 2 is 1.68 bits per heavy atom. The van der Waals surface area contributed by atoms with E-state index in [0.29, 0.717) is 24.8 Å². The number of ketones is 3. The number of phenolic OH excluding ortho intramolecular Hbond substituents is 1. The molecule has 0 spiro atoms. The molecule has 3 atom stereocenters. The zero-order chi connectivity index (χ0) is 28.5. The lowest BCUT2D eigenvalue weighted by molar-refractivity contribution is -0.131. The van der Waals surface area contributed by atoms with Gasteiger partial charge in [0.05, 0.1) is 18.6 Å². The van der Waals surface area contributed by atoms with Gasteiger partial charge in [-0.2, -0.15) is 0 Å². The lowest BCUT2D eigenvalue weighted by atomic mass is 9.72. The van der Waals surface area contributed by atoms with Crippen molar-refractivity contribution < 1.29 is 38.0 Å². The van der Waals surface area contributed by atoms with E-state index in [1.54, 1.807) is 6.07 Å². The van der Waals surface area contributed by atoms with Crippen molar-refractivity contribution in [3.05, 3.63) is 53.1 Å². The smallest absolute Gasteiger partial charge is 0.167 e. The van der Waals surface area contributed by atoms with Gasteiger partial charge in [-0.3, -0.25) is 14.4 Å². The van der Waals surface area contributed by atoms with E-state index >= 15 is 0 Å². The highest BCUT2D eigenvalue weighted by atomic mass is 16.3. The van der Waals surface area contributed by atoms with Crippen LogP contribution in [-0.4, -0.2) is 51.4 Å². The number of carbonyl (C=O) groups is 3. The van der Waals surface area contributed by atoms with Crippen LogP contribution in [0.25, 0.3) is 11.1 Å². The average Bonchev–Trinajstić information content (AvgIpc) is 3.36. The van der Waals surface area contributed by atoms with E-state index in [1.165, 1.54) is 32.6 Å². The molecule has 7 nitrogen and oxygen atoms in total. The molecule has 0 saturated heterocycles. The van der Waals surface area contributed by atoms with E-state index in [2.05, 4.69) is 6.92 Å². The molecule has 40 heavy (non-hydrogen) atoms. The predicted molar refractivity (Wildman–Crippen MR) is 161 cm³/mol. The van der Waals surface area contributed by atoms with Crippen molar-refractivity contribution in [1.82, 2.24) is 0 Å². The summed E-state index contributed by atoms with van der Waals surface area (Å²) in [6, 6.07) is 11.4. The normalized spacial score (nSPS) is 18.1. The largest absolute Gasteiger partial charge is 0.507 e. The van der Waals surface area contributed by atoms with Crippen LogP contribution in [0.2, 0.25) is 0 Å². The van der Waals surface area contributed by atoms with E-state index in [-0.39, 0.29) is 62.7 Å². The van der Waals surface area contributed by atoms with Gasteiger partial charge in [-0.15, -0.1) is 0 Å². The first-order valence-corrected chi connectivity index (χ1v) is 14.3. The quantitative estimate of drug-likeness (QED) is 0.328. The summed E-state index contributed by atoms with van der Waals surface area (Å²) >= 11 is 0. The molecule has 1 fully saturated rings. The van der Waals surface area contributed by atoms with E-state index in [0.717, 1.165) is 28.2 Å². The maximum atomic E-state index is 13.0. The summed E-state index contributed by atoms with van der Waals surface area (Å²) in [4.78, 5) is 37.0. The number of phenols is 1. The van der Waals surface area contributed by atoms with Gasteiger partial charge in [0.15, 0.2) is 5.78 Å². The number of carbonyl (C=O) groups excluding carboxylic acids is 3. The highest BCUT2D eigenvalue weighted by Gasteiger charge is 2.35. The van der Waals surface area contributed by atoms with Gasteiger partial charge in [-0.25, -0.2) is 0 Å². The summed E-state index contributed by atoms with van der Waals surface area (Å²) < 4.78 is 0. The Bertz CT molecular complexity index is 1140. The number of benzene rings is 2. The van der Waals surface area contributed by atoms with Crippen molar-refractivity contribution >= 4 is 17.3 Å². The van der Waals surface area contributed by atoms with Crippen LogP contribution >= 0.6 is 0 Å². The Morgan fingerprint density at radius 1 is 1.02 bits per heavy atom. The summed E-state index contributed by atoms with van der Waals surface area (Å²) in [5.74, 6) is -0.918. The van der Waals surface area contributed by atoms with Gasteiger partial charge in [0, 0.05) is 21.8 Å². The molecule has 0 aliphatic heterocycles. The third-order valence-corrected chi connectivity index (χ3v) is 8.28. The number of fused-ring (bicyclic) bond motifs is 1. The van der Waals surface area contributed by atoms with E-state index in [4.69, 9.17) is 0 Å². The van der Waals surface area contributed by atoms with Crippen LogP contribution in [-0.2, 0) is 16.0 Å². The fourth-order valence-electron chi connectivity index (χ4n) is 6.15. The minimum Gasteiger partial charge on any atom is -0.507 e. The molecular formula is C33H50O7. The lowest BCUT2D eigenvalue weighted by Crippen LogP contribution is -2.32. The number of rotatable bonds is 10. The molecule has 5 N–H and O–H groups in total. The number of aliphatic hydroxyl groups excluding tert-OH is 2. The minimum absolute atomic E-state index is 0. The second-order valence-electron chi connectivity index (χ2n) is 11.6. The third kappa shape index (κ3) is 8.82. The Kier molecular flexibility index (Phi) is 13.2. The second kappa shape index (κ2) is 15.8. The van der Waals surface area contributed by atoms with Gasteiger partial charge >= 0.3 is 0 Å². The van der Waals surface area contributed by atoms with Gasteiger partial charge < -0.3 is 20.8 Å². The molecule has 4 rings (SSSR count). The first-order valence-electron chi connectivity index (χ1n) is 14.3. The Labute approximate surface area is 240 Å². The standard InChI is InChI=1S/C27H32O6.C6H12.H2O.2H2/c1-16-3-5-19(6-4-16)21-7-8-24(31)27-22(21)13-18(14-26(27)33)12-20(9-10-28)23(15-29)25(32)11-17(2)30;1-6-4-2-3-5-6;;;/h3-8,18,20,23,28-29,31H,9-15H2,1-2H3;6H,2-5H2,1H3;1H2;2*1H. The Balaban J connectivity index is 0.00000166. The number of Topliss-reactive ketones (excluding diaryl/α,β-unsaturated/α-hetero) is 3. The molecule has 2 aromatic carbocycles. The fourth-order valence-corrected chi connectivity index (χ4v) is 6.15. The van der Waals surface area contributed by atoms with Crippen molar-refractivity contribution in [3.63, 3.8) is 0 Å². The van der Waals surface area contributed by atoms with Crippen LogP contribution in [0.3, 0.4) is 0 Å². The van der Waals surface area contributed by atoms with Crippen molar-refractivity contribution in [2.75, 3.05) is 13.2 Å². The fraction of sp³-hybridized carbons (Fsp3) is 0.545. The summed E-state index contributed by atoms with van der Waals surface area (Å²) in [6.07, 6.45) is 7.23. The van der Waals surface area contributed by atoms with Crippen LogP contribution in [0.1, 0.15) is 89.6 Å². The summed E-state index contributed by atoms with van der Waals surface area (Å²) in [5, 5.41) is 29.9. The van der Waals surface area contributed by atoms with Crippen molar-refractivity contribution in [2.24, 2.45) is 23.7 Å². The molecule has 0 amide bonds. The van der Waals surface area contributed by atoms with Crippen molar-refractivity contribution in [1.29, 1.82) is 0 Å². The topological polar surface area (TPSA) is 143 Å². The highest BCUT2D eigenvalue weighted by Crippen LogP contribution is 2.41. The van der Waals surface area contributed by atoms with Crippen LogP contribution in [0.5, 0.6) is 5.75 Å². The zero-order valence-electron chi connectivity index (χ0n) is 24.1. The molecule has 2 aliphatic rings. The van der Waals surface area contributed by atoms with Crippen molar-refractivity contribution in [3.8, 4) is 16.9 Å². The molecule has 0 aromatic heterocycles. The minimum atomic E-state index is -0.752. The van der Waals surface area contributed by atoms with Gasteiger partial charge in [-0.1, -0.05) is 68.5 Å². The van der Waals surface area contributed by atoms with Crippen LogP contribution in [0, 0.1) is 30.6 Å². The number of aryl methyl sites for hydroxylation is 1. The predicted octanol–water partition coefficient (Wildman–Crippen LogP) is 5.52. The van der Waals surface area contributed by atoms with Gasteiger partial charge in [0.1, 0.15) is 17.3 Å². The van der Waals surface area contributed by atoms with Crippen LogP contribution in [0.15, 0.2) is 36.4 Å². The first-order chi connectivity index (χ1) is 18.6. The monoisotopic (exact) mass is 558 g/mol. The lowest BCUT2D eigenvalue weighted by Gasteiger charge is -2.31. The molecule has 2 aliphatic carbocycles.